The van der Waals surface area contributed by atoms with Crippen molar-refractivity contribution in [1.82, 2.24) is 20.9 Å². The maximum Gasteiger partial charge on any atom is 0.390 e. The highest BCUT2D eigenvalue weighted by atomic mass is 19.4. The lowest BCUT2D eigenvalue weighted by atomic mass is 10.3. The Morgan fingerprint density at radius 2 is 1.91 bits per heavy atom. The summed E-state index contributed by atoms with van der Waals surface area (Å²) in [6.07, 6.45) is -2.13. The molecule has 0 aliphatic heterocycles. The van der Waals surface area contributed by atoms with Crippen molar-refractivity contribution in [3.05, 3.63) is 30.1 Å². The van der Waals surface area contributed by atoms with Gasteiger partial charge in [-0.05, 0) is 12.1 Å². The first-order valence-electron chi connectivity index (χ1n) is 6.62. The number of amides is 1. The number of aromatic nitrogens is 1. The molecule has 0 aliphatic carbocycles. The Hall–Kier alpha value is -2.32. The molecule has 1 aromatic heterocycles. The molecule has 0 aromatic carbocycles. The number of nitrogens with zero attached hydrogens (tertiary/aromatic N) is 2. The van der Waals surface area contributed by atoms with Gasteiger partial charge in [-0.2, -0.15) is 13.2 Å². The fourth-order valence-electron chi connectivity index (χ4n) is 1.50. The summed E-state index contributed by atoms with van der Waals surface area (Å²) in [5, 5.41) is 8.00. The quantitative estimate of drug-likeness (QED) is 0.414. The van der Waals surface area contributed by atoms with Crippen LogP contribution >= 0.6 is 0 Å². The summed E-state index contributed by atoms with van der Waals surface area (Å²) in [6, 6.07) is 3.28. The molecule has 1 rings (SSSR count). The Morgan fingerprint density at radius 3 is 2.50 bits per heavy atom. The van der Waals surface area contributed by atoms with E-state index < -0.39 is 12.6 Å². The summed E-state index contributed by atoms with van der Waals surface area (Å²) in [5.41, 5.74) is 0.440. The molecule has 3 N–H and O–H groups in total. The van der Waals surface area contributed by atoms with Gasteiger partial charge in [0.05, 0.1) is 12.0 Å². The average Bonchev–Trinajstić information content (AvgIpc) is 2.49. The van der Waals surface area contributed by atoms with E-state index in [-0.39, 0.29) is 18.4 Å². The molecular weight excluding hydrogens is 299 g/mol. The first-order valence-corrected chi connectivity index (χ1v) is 6.62. The number of halogens is 3. The zero-order valence-electron chi connectivity index (χ0n) is 12.1. The monoisotopic (exact) mass is 317 g/mol. The van der Waals surface area contributed by atoms with Crippen LogP contribution in [0.2, 0.25) is 0 Å². The van der Waals surface area contributed by atoms with E-state index >= 15 is 0 Å². The van der Waals surface area contributed by atoms with Crippen LogP contribution in [0.4, 0.5) is 13.2 Å². The van der Waals surface area contributed by atoms with E-state index in [2.05, 4.69) is 25.9 Å². The van der Waals surface area contributed by atoms with Crippen molar-refractivity contribution in [1.29, 1.82) is 0 Å². The van der Waals surface area contributed by atoms with Gasteiger partial charge >= 0.3 is 6.18 Å². The minimum atomic E-state index is -4.20. The summed E-state index contributed by atoms with van der Waals surface area (Å²) in [5.74, 6) is -0.0187. The van der Waals surface area contributed by atoms with Crippen molar-refractivity contribution >= 4 is 11.9 Å². The van der Waals surface area contributed by atoms with Crippen molar-refractivity contribution in [2.24, 2.45) is 4.99 Å². The Morgan fingerprint density at radius 1 is 1.23 bits per heavy atom. The number of alkyl halides is 3. The Balaban J connectivity index is 2.21. The second-order valence-corrected chi connectivity index (χ2v) is 4.29. The molecule has 9 heteroatoms. The van der Waals surface area contributed by atoms with Gasteiger partial charge in [-0.3, -0.25) is 14.8 Å². The number of nitrogens with one attached hydrogen (secondary N) is 3. The standard InChI is InChI=1S/C13H18F3N5O/c1-17-12(20-6-4-13(14,15)16)21-8-7-19-11(22)10-3-2-5-18-9-10/h2-3,5,9H,4,6-8H2,1H3,(H,19,22)(H2,17,20,21). The van der Waals surface area contributed by atoms with E-state index in [1.54, 1.807) is 18.3 Å². The third-order valence-electron chi connectivity index (χ3n) is 2.55. The zero-order chi connectivity index (χ0) is 16.4. The van der Waals surface area contributed by atoms with Gasteiger partial charge in [-0.25, -0.2) is 0 Å². The first kappa shape index (κ1) is 17.7. The molecule has 0 radical (unpaired) electrons. The SMILES string of the molecule is CN=C(NCCNC(=O)c1cccnc1)NCCC(F)(F)F. The van der Waals surface area contributed by atoms with Gasteiger partial charge in [0.15, 0.2) is 5.96 Å². The van der Waals surface area contributed by atoms with Gasteiger partial charge in [0.1, 0.15) is 0 Å². The van der Waals surface area contributed by atoms with E-state index in [1.165, 1.54) is 13.2 Å². The lowest BCUT2D eigenvalue weighted by molar-refractivity contribution is -0.132. The summed E-state index contributed by atoms with van der Waals surface area (Å²) >= 11 is 0. The molecule has 0 spiro atoms. The van der Waals surface area contributed by atoms with Crippen LogP contribution in [0, 0.1) is 0 Å². The van der Waals surface area contributed by atoms with Crippen molar-refractivity contribution in [3.63, 3.8) is 0 Å². The second-order valence-electron chi connectivity index (χ2n) is 4.29. The predicted molar refractivity (Wildman–Crippen MR) is 76.6 cm³/mol. The molecule has 1 heterocycles. The van der Waals surface area contributed by atoms with E-state index in [9.17, 15) is 18.0 Å². The Kier molecular flexibility index (Phi) is 7.14. The van der Waals surface area contributed by atoms with Gasteiger partial charge in [0.2, 0.25) is 0 Å². The largest absolute Gasteiger partial charge is 0.390 e. The van der Waals surface area contributed by atoms with E-state index in [4.69, 9.17) is 0 Å². The number of hydrogen-bond donors (Lipinski definition) is 3. The third kappa shape index (κ3) is 7.46. The Bertz CT molecular complexity index is 490. The van der Waals surface area contributed by atoms with Gasteiger partial charge in [-0.15, -0.1) is 0 Å². The van der Waals surface area contributed by atoms with Crippen LogP contribution in [0.5, 0.6) is 0 Å². The summed E-state index contributed by atoms with van der Waals surface area (Å²) in [6.45, 7) is 0.372. The molecule has 22 heavy (non-hydrogen) atoms. The average molecular weight is 317 g/mol. The molecule has 122 valence electrons. The van der Waals surface area contributed by atoms with Crippen molar-refractivity contribution in [2.75, 3.05) is 26.7 Å². The van der Waals surface area contributed by atoms with Crippen molar-refractivity contribution < 1.29 is 18.0 Å². The molecule has 0 atom stereocenters. The number of carbonyl (C=O) groups is 1. The number of hydrogen-bond acceptors (Lipinski definition) is 3. The van der Waals surface area contributed by atoms with Gasteiger partial charge in [0, 0.05) is 39.1 Å². The van der Waals surface area contributed by atoms with E-state index in [1.807, 2.05) is 0 Å². The van der Waals surface area contributed by atoms with Crippen molar-refractivity contribution in [3.8, 4) is 0 Å². The van der Waals surface area contributed by atoms with Gasteiger partial charge in [-0.1, -0.05) is 0 Å². The molecule has 6 nitrogen and oxygen atoms in total. The van der Waals surface area contributed by atoms with Crippen LogP contribution in [-0.2, 0) is 0 Å². The first-order chi connectivity index (χ1) is 10.4. The van der Waals surface area contributed by atoms with Gasteiger partial charge in [0.25, 0.3) is 5.91 Å². The van der Waals surface area contributed by atoms with Crippen LogP contribution in [0.15, 0.2) is 29.5 Å². The van der Waals surface area contributed by atoms with Crippen molar-refractivity contribution in [2.45, 2.75) is 12.6 Å². The van der Waals surface area contributed by atoms with Crippen LogP contribution in [0.1, 0.15) is 16.8 Å². The molecule has 0 unspecified atom stereocenters. The molecule has 1 aromatic rings. The van der Waals surface area contributed by atoms with E-state index in [0.29, 0.717) is 18.7 Å². The highest BCUT2D eigenvalue weighted by molar-refractivity contribution is 5.93. The Labute approximate surface area is 126 Å². The fraction of sp³-hybridized carbons (Fsp3) is 0.462. The van der Waals surface area contributed by atoms with Gasteiger partial charge < -0.3 is 16.0 Å². The molecule has 0 bridgehead atoms. The van der Waals surface area contributed by atoms with Crippen LogP contribution in [-0.4, -0.2) is 49.7 Å². The maximum atomic E-state index is 12.0. The lowest BCUT2D eigenvalue weighted by Gasteiger charge is -2.13. The molecule has 0 fully saturated rings. The number of aliphatic imine (C=N–C) groups is 1. The predicted octanol–water partition coefficient (Wildman–Crippen LogP) is 0.929. The molecule has 1 amide bonds. The highest BCUT2D eigenvalue weighted by Crippen LogP contribution is 2.17. The minimum Gasteiger partial charge on any atom is -0.356 e. The number of carbonyl (C=O) groups excluding carboxylic acids is 1. The number of guanidine groups is 1. The minimum absolute atomic E-state index is 0.250. The molecule has 0 saturated carbocycles. The molecular formula is C13H18F3N5O. The summed E-state index contributed by atoms with van der Waals surface area (Å²) in [4.78, 5) is 19.3. The maximum absolute atomic E-state index is 12.0. The second kappa shape index (κ2) is 8.85. The van der Waals surface area contributed by atoms with E-state index in [0.717, 1.165) is 0 Å². The summed E-state index contributed by atoms with van der Waals surface area (Å²) in [7, 11) is 1.46. The topological polar surface area (TPSA) is 78.4 Å². The lowest BCUT2D eigenvalue weighted by Crippen LogP contribution is -2.42. The molecule has 0 saturated heterocycles. The smallest absolute Gasteiger partial charge is 0.356 e. The highest BCUT2D eigenvalue weighted by Gasteiger charge is 2.26. The fourth-order valence-corrected chi connectivity index (χ4v) is 1.50. The number of rotatable bonds is 6. The zero-order valence-corrected chi connectivity index (χ0v) is 12.1. The normalized spacial score (nSPS) is 11.9. The summed E-state index contributed by atoms with van der Waals surface area (Å²) < 4.78 is 36.0. The van der Waals surface area contributed by atoms with Crippen LogP contribution < -0.4 is 16.0 Å². The third-order valence-corrected chi connectivity index (χ3v) is 2.55. The van der Waals surface area contributed by atoms with Crippen LogP contribution in [0.3, 0.4) is 0 Å². The molecule has 0 aliphatic rings. The number of pyridine rings is 1. The van der Waals surface area contributed by atoms with Crippen LogP contribution in [0.25, 0.3) is 0 Å².